The summed E-state index contributed by atoms with van der Waals surface area (Å²) in [6.45, 7) is 10.1. The SMILES string of the molecule is CCc1cccc(C)c1N1CCC(CC#N)C1(C)C. The molecular weight excluding hydrogens is 232 g/mol. The second kappa shape index (κ2) is 5.25. The third-order valence-corrected chi connectivity index (χ3v) is 4.71. The van der Waals surface area contributed by atoms with Crippen LogP contribution in [0.3, 0.4) is 0 Å². The predicted molar refractivity (Wildman–Crippen MR) is 80.3 cm³/mol. The lowest BCUT2D eigenvalue weighted by Gasteiger charge is -2.39. The summed E-state index contributed by atoms with van der Waals surface area (Å²) in [5.41, 5.74) is 4.25. The zero-order valence-electron chi connectivity index (χ0n) is 12.5. The van der Waals surface area contributed by atoms with Crippen molar-refractivity contribution in [3.05, 3.63) is 29.3 Å². The molecule has 0 radical (unpaired) electrons. The molecule has 1 aliphatic heterocycles. The van der Waals surface area contributed by atoms with Gasteiger partial charge in [-0.1, -0.05) is 25.1 Å². The molecule has 1 saturated heterocycles. The van der Waals surface area contributed by atoms with Crippen LogP contribution in [0.1, 0.15) is 44.7 Å². The molecule has 1 unspecified atom stereocenters. The summed E-state index contributed by atoms with van der Waals surface area (Å²) >= 11 is 0. The first-order valence-corrected chi connectivity index (χ1v) is 7.25. The first-order valence-electron chi connectivity index (χ1n) is 7.25. The van der Waals surface area contributed by atoms with E-state index in [-0.39, 0.29) is 5.54 Å². The highest BCUT2D eigenvalue weighted by Crippen LogP contribution is 2.42. The second-order valence-electron chi connectivity index (χ2n) is 6.09. The van der Waals surface area contributed by atoms with E-state index in [0.717, 1.165) is 19.4 Å². The number of anilines is 1. The predicted octanol–water partition coefficient (Wildman–Crippen LogP) is 4.08. The minimum atomic E-state index is 0.0752. The van der Waals surface area contributed by atoms with Crippen LogP contribution in [0.5, 0.6) is 0 Å². The first-order chi connectivity index (χ1) is 9.02. The fraction of sp³-hybridized carbons (Fsp3) is 0.588. The Hall–Kier alpha value is -1.49. The van der Waals surface area contributed by atoms with Crippen molar-refractivity contribution in [2.45, 2.75) is 52.5 Å². The molecule has 102 valence electrons. The molecule has 0 aromatic heterocycles. The highest BCUT2D eigenvalue weighted by atomic mass is 15.2. The molecule has 1 fully saturated rings. The fourth-order valence-corrected chi connectivity index (χ4v) is 3.40. The Labute approximate surface area is 117 Å². The number of nitriles is 1. The van der Waals surface area contributed by atoms with Gasteiger partial charge in [-0.05, 0) is 50.7 Å². The lowest BCUT2D eigenvalue weighted by Crippen LogP contribution is -2.43. The van der Waals surface area contributed by atoms with Gasteiger partial charge in [0.1, 0.15) is 0 Å². The maximum absolute atomic E-state index is 9.00. The number of benzene rings is 1. The van der Waals surface area contributed by atoms with Crippen molar-refractivity contribution in [3.8, 4) is 6.07 Å². The van der Waals surface area contributed by atoms with Gasteiger partial charge in [0.05, 0.1) is 6.07 Å². The van der Waals surface area contributed by atoms with E-state index >= 15 is 0 Å². The van der Waals surface area contributed by atoms with Gasteiger partial charge >= 0.3 is 0 Å². The topological polar surface area (TPSA) is 27.0 Å². The molecule has 1 aromatic carbocycles. The molecule has 0 bridgehead atoms. The van der Waals surface area contributed by atoms with Gasteiger partial charge in [0.25, 0.3) is 0 Å². The fourth-order valence-electron chi connectivity index (χ4n) is 3.40. The monoisotopic (exact) mass is 256 g/mol. The Kier molecular flexibility index (Phi) is 3.85. The van der Waals surface area contributed by atoms with Gasteiger partial charge in [-0.25, -0.2) is 0 Å². The van der Waals surface area contributed by atoms with Gasteiger partial charge in [-0.3, -0.25) is 0 Å². The van der Waals surface area contributed by atoms with E-state index in [9.17, 15) is 0 Å². The molecule has 1 aliphatic rings. The number of aryl methyl sites for hydroxylation is 2. The number of hydrogen-bond donors (Lipinski definition) is 0. The Morgan fingerprint density at radius 3 is 2.79 bits per heavy atom. The summed E-state index contributed by atoms with van der Waals surface area (Å²) in [5.74, 6) is 0.474. The van der Waals surface area contributed by atoms with E-state index in [4.69, 9.17) is 5.26 Å². The van der Waals surface area contributed by atoms with E-state index in [1.54, 1.807) is 0 Å². The molecule has 1 atom stereocenters. The van der Waals surface area contributed by atoms with Gasteiger partial charge in [0, 0.05) is 24.2 Å². The van der Waals surface area contributed by atoms with Crippen LogP contribution in [0.4, 0.5) is 5.69 Å². The first kappa shape index (κ1) is 13.9. The standard InChI is InChI=1S/C17H24N2/c1-5-14-8-6-7-13(2)16(14)19-12-10-15(9-11-18)17(19,3)4/h6-8,15H,5,9-10,12H2,1-4H3. The lowest BCUT2D eigenvalue weighted by molar-refractivity contribution is 0.371. The summed E-state index contributed by atoms with van der Waals surface area (Å²) in [6, 6.07) is 8.93. The minimum absolute atomic E-state index is 0.0752. The van der Waals surface area contributed by atoms with Gasteiger partial charge in [-0.2, -0.15) is 5.26 Å². The van der Waals surface area contributed by atoms with Gasteiger partial charge in [-0.15, -0.1) is 0 Å². The summed E-state index contributed by atoms with van der Waals surface area (Å²) < 4.78 is 0. The van der Waals surface area contributed by atoms with Crippen LogP contribution in [0.2, 0.25) is 0 Å². The minimum Gasteiger partial charge on any atom is -0.366 e. The molecule has 19 heavy (non-hydrogen) atoms. The van der Waals surface area contributed by atoms with Crippen LogP contribution in [-0.4, -0.2) is 12.1 Å². The van der Waals surface area contributed by atoms with Crippen LogP contribution < -0.4 is 4.90 Å². The Morgan fingerprint density at radius 2 is 2.16 bits per heavy atom. The third-order valence-electron chi connectivity index (χ3n) is 4.71. The van der Waals surface area contributed by atoms with Gasteiger partial charge in [0.15, 0.2) is 0 Å². The largest absolute Gasteiger partial charge is 0.366 e. The molecule has 0 amide bonds. The Morgan fingerprint density at radius 1 is 1.42 bits per heavy atom. The lowest BCUT2D eigenvalue weighted by atomic mass is 9.85. The molecule has 1 aromatic rings. The maximum atomic E-state index is 9.00. The normalized spacial score (nSPS) is 21.4. The zero-order chi connectivity index (χ0) is 14.0. The average molecular weight is 256 g/mol. The Balaban J connectivity index is 2.41. The number of rotatable bonds is 3. The van der Waals surface area contributed by atoms with Crippen molar-refractivity contribution >= 4 is 5.69 Å². The highest BCUT2D eigenvalue weighted by molar-refractivity contribution is 5.62. The quantitative estimate of drug-likeness (QED) is 0.815. The van der Waals surface area contributed by atoms with E-state index in [1.165, 1.54) is 16.8 Å². The van der Waals surface area contributed by atoms with Crippen LogP contribution in [0, 0.1) is 24.2 Å². The average Bonchev–Trinajstić information content (AvgIpc) is 2.65. The molecule has 2 nitrogen and oxygen atoms in total. The van der Waals surface area contributed by atoms with Crippen LogP contribution in [-0.2, 0) is 6.42 Å². The molecule has 2 rings (SSSR count). The van der Waals surface area contributed by atoms with Crippen molar-refractivity contribution < 1.29 is 0 Å². The number of hydrogen-bond acceptors (Lipinski definition) is 2. The molecule has 0 aliphatic carbocycles. The van der Waals surface area contributed by atoms with Crippen molar-refractivity contribution in [1.29, 1.82) is 5.26 Å². The number of para-hydroxylation sites is 1. The smallest absolute Gasteiger partial charge is 0.0625 e. The van der Waals surface area contributed by atoms with Crippen LogP contribution in [0.25, 0.3) is 0 Å². The van der Waals surface area contributed by atoms with E-state index in [1.807, 2.05) is 0 Å². The summed E-state index contributed by atoms with van der Waals surface area (Å²) in [5, 5.41) is 9.00. The van der Waals surface area contributed by atoms with Crippen molar-refractivity contribution in [3.63, 3.8) is 0 Å². The van der Waals surface area contributed by atoms with Gasteiger partial charge < -0.3 is 4.90 Å². The van der Waals surface area contributed by atoms with Crippen LogP contribution >= 0.6 is 0 Å². The van der Waals surface area contributed by atoms with Crippen molar-refractivity contribution in [2.24, 2.45) is 5.92 Å². The van der Waals surface area contributed by atoms with E-state index in [2.05, 4.69) is 56.9 Å². The molecule has 1 heterocycles. The van der Waals surface area contributed by atoms with E-state index < -0.39 is 0 Å². The maximum Gasteiger partial charge on any atom is 0.0625 e. The third kappa shape index (κ3) is 2.34. The van der Waals surface area contributed by atoms with Crippen molar-refractivity contribution in [1.82, 2.24) is 0 Å². The molecular formula is C17H24N2. The Bertz CT molecular complexity index is 496. The molecule has 0 N–H and O–H groups in total. The summed E-state index contributed by atoms with van der Waals surface area (Å²) in [7, 11) is 0. The zero-order valence-corrected chi connectivity index (χ0v) is 12.5. The molecule has 2 heteroatoms. The molecule has 0 saturated carbocycles. The van der Waals surface area contributed by atoms with Crippen LogP contribution in [0.15, 0.2) is 18.2 Å². The molecule has 0 spiro atoms. The summed E-state index contributed by atoms with van der Waals surface area (Å²) in [4.78, 5) is 2.53. The van der Waals surface area contributed by atoms with E-state index in [0.29, 0.717) is 12.3 Å². The summed E-state index contributed by atoms with van der Waals surface area (Å²) in [6.07, 6.45) is 2.85. The number of nitrogens with zero attached hydrogens (tertiary/aromatic N) is 2. The van der Waals surface area contributed by atoms with Gasteiger partial charge in [0.2, 0.25) is 0 Å². The second-order valence-corrected chi connectivity index (χ2v) is 6.09. The highest BCUT2D eigenvalue weighted by Gasteiger charge is 2.41. The van der Waals surface area contributed by atoms with Crippen molar-refractivity contribution in [2.75, 3.05) is 11.4 Å².